The summed E-state index contributed by atoms with van der Waals surface area (Å²) in [7, 11) is 0. The summed E-state index contributed by atoms with van der Waals surface area (Å²) in [5.74, 6) is 0. The summed E-state index contributed by atoms with van der Waals surface area (Å²) in [6, 6.07) is 0. The molecule has 0 fully saturated rings. The van der Waals surface area contributed by atoms with Gasteiger partial charge in [0.05, 0.1) is 0 Å². The van der Waals surface area contributed by atoms with Crippen molar-refractivity contribution in [2.45, 2.75) is 39.2 Å². The zero-order valence-corrected chi connectivity index (χ0v) is 7.41. The van der Waals surface area contributed by atoms with Crippen LogP contribution in [0.2, 0.25) is 0 Å². The second-order valence-corrected chi connectivity index (χ2v) is 3.31. The van der Waals surface area contributed by atoms with Crippen molar-refractivity contribution in [1.29, 1.82) is 0 Å². The predicted molar refractivity (Wildman–Crippen MR) is 46.0 cm³/mol. The van der Waals surface area contributed by atoms with Crippen molar-refractivity contribution in [3.63, 3.8) is 0 Å². The van der Waals surface area contributed by atoms with Gasteiger partial charge in [-0.3, -0.25) is 0 Å². The van der Waals surface area contributed by atoms with Crippen molar-refractivity contribution in [1.82, 2.24) is 5.32 Å². The van der Waals surface area contributed by atoms with Gasteiger partial charge in [0.1, 0.15) is 0 Å². The monoisotopic (exact) mass is 144 g/mol. The Labute approximate surface area is 64.2 Å². The molecule has 0 radical (unpaired) electrons. The minimum absolute atomic E-state index is 0.287. The topological polar surface area (TPSA) is 38.0 Å². The van der Waals surface area contributed by atoms with Crippen LogP contribution >= 0.6 is 0 Å². The summed E-state index contributed by atoms with van der Waals surface area (Å²) in [6.07, 6.45) is 2.24. The van der Waals surface area contributed by atoms with E-state index in [9.17, 15) is 0 Å². The summed E-state index contributed by atoms with van der Waals surface area (Å²) in [5, 5.41) is 3.43. The van der Waals surface area contributed by atoms with Gasteiger partial charge in [-0.1, -0.05) is 6.92 Å². The molecule has 0 spiro atoms. The minimum Gasteiger partial charge on any atom is -0.330 e. The van der Waals surface area contributed by atoms with Gasteiger partial charge in [0, 0.05) is 5.54 Å². The summed E-state index contributed by atoms with van der Waals surface area (Å²) in [6.45, 7) is 8.44. The fourth-order valence-electron chi connectivity index (χ4n) is 0.654. The fourth-order valence-corrected chi connectivity index (χ4v) is 0.654. The van der Waals surface area contributed by atoms with Crippen LogP contribution in [0.15, 0.2) is 0 Å². The molecule has 0 bridgehead atoms. The van der Waals surface area contributed by atoms with Gasteiger partial charge < -0.3 is 11.1 Å². The molecule has 0 saturated carbocycles. The van der Waals surface area contributed by atoms with Crippen LogP contribution in [0.5, 0.6) is 0 Å². The normalized spacial score (nSPS) is 12.0. The maximum absolute atomic E-state index is 5.36. The lowest BCUT2D eigenvalue weighted by Crippen LogP contribution is -2.39. The Hall–Kier alpha value is -0.0800. The molecule has 0 aliphatic carbocycles. The molecule has 0 aromatic carbocycles. The Morgan fingerprint density at radius 2 is 2.00 bits per heavy atom. The Balaban J connectivity index is 3.28. The highest BCUT2D eigenvalue weighted by molar-refractivity contribution is 4.74. The number of rotatable bonds is 5. The van der Waals surface area contributed by atoms with Crippen molar-refractivity contribution < 1.29 is 0 Å². The van der Waals surface area contributed by atoms with E-state index in [0.717, 1.165) is 25.9 Å². The Morgan fingerprint density at radius 3 is 2.40 bits per heavy atom. The van der Waals surface area contributed by atoms with Crippen molar-refractivity contribution in [2.24, 2.45) is 5.73 Å². The van der Waals surface area contributed by atoms with Crippen molar-refractivity contribution in [2.75, 3.05) is 13.1 Å². The third-order valence-corrected chi connectivity index (χ3v) is 1.87. The Morgan fingerprint density at radius 1 is 1.40 bits per heavy atom. The zero-order chi connectivity index (χ0) is 8.04. The first-order valence-electron chi connectivity index (χ1n) is 4.07. The first-order chi connectivity index (χ1) is 4.62. The van der Waals surface area contributed by atoms with Gasteiger partial charge in [-0.15, -0.1) is 0 Å². The van der Waals surface area contributed by atoms with Gasteiger partial charge in [-0.25, -0.2) is 0 Å². The smallest absolute Gasteiger partial charge is 0.0122 e. The minimum atomic E-state index is 0.287. The van der Waals surface area contributed by atoms with Gasteiger partial charge >= 0.3 is 0 Å². The molecule has 0 amide bonds. The molecule has 0 saturated heterocycles. The largest absolute Gasteiger partial charge is 0.330 e. The van der Waals surface area contributed by atoms with Gasteiger partial charge in [0.25, 0.3) is 0 Å². The number of hydrogen-bond donors (Lipinski definition) is 2. The number of hydrogen-bond acceptors (Lipinski definition) is 2. The van der Waals surface area contributed by atoms with Crippen molar-refractivity contribution in [3.05, 3.63) is 0 Å². The lowest BCUT2D eigenvalue weighted by atomic mass is 10.0. The van der Waals surface area contributed by atoms with E-state index in [4.69, 9.17) is 5.73 Å². The van der Waals surface area contributed by atoms with Crippen LogP contribution in [0.3, 0.4) is 0 Å². The van der Waals surface area contributed by atoms with Crippen molar-refractivity contribution >= 4 is 0 Å². The highest BCUT2D eigenvalue weighted by atomic mass is 14.9. The molecule has 0 aromatic rings. The summed E-state index contributed by atoms with van der Waals surface area (Å²) in [5.41, 5.74) is 5.65. The van der Waals surface area contributed by atoms with Crippen LogP contribution in [0, 0.1) is 0 Å². The number of nitrogens with one attached hydrogen (secondary N) is 1. The second-order valence-electron chi connectivity index (χ2n) is 3.31. The van der Waals surface area contributed by atoms with Gasteiger partial charge in [0.2, 0.25) is 0 Å². The zero-order valence-electron chi connectivity index (χ0n) is 7.41. The molecular weight excluding hydrogens is 124 g/mol. The van der Waals surface area contributed by atoms with E-state index in [-0.39, 0.29) is 5.54 Å². The SMILES string of the molecule is CCC(C)(C)NCCCN. The third-order valence-electron chi connectivity index (χ3n) is 1.87. The average molecular weight is 144 g/mol. The fraction of sp³-hybridized carbons (Fsp3) is 1.00. The summed E-state index contributed by atoms with van der Waals surface area (Å²) >= 11 is 0. The summed E-state index contributed by atoms with van der Waals surface area (Å²) < 4.78 is 0. The second kappa shape index (κ2) is 4.69. The molecule has 0 unspecified atom stereocenters. The van der Waals surface area contributed by atoms with Crippen LogP contribution in [-0.2, 0) is 0 Å². The highest BCUT2D eigenvalue weighted by Crippen LogP contribution is 2.05. The lowest BCUT2D eigenvalue weighted by Gasteiger charge is -2.24. The van der Waals surface area contributed by atoms with E-state index in [1.165, 1.54) is 0 Å². The van der Waals surface area contributed by atoms with E-state index in [2.05, 4.69) is 26.1 Å². The molecule has 10 heavy (non-hydrogen) atoms. The van der Waals surface area contributed by atoms with Crippen LogP contribution < -0.4 is 11.1 Å². The van der Waals surface area contributed by atoms with Gasteiger partial charge in [0.15, 0.2) is 0 Å². The van der Waals surface area contributed by atoms with E-state index in [0.29, 0.717) is 0 Å². The Bertz CT molecular complexity index is 79.3. The van der Waals surface area contributed by atoms with E-state index < -0.39 is 0 Å². The van der Waals surface area contributed by atoms with E-state index >= 15 is 0 Å². The molecule has 3 N–H and O–H groups in total. The predicted octanol–water partition coefficient (Wildman–Crippen LogP) is 1.11. The summed E-state index contributed by atoms with van der Waals surface area (Å²) in [4.78, 5) is 0. The van der Waals surface area contributed by atoms with Crippen LogP contribution in [0.25, 0.3) is 0 Å². The maximum Gasteiger partial charge on any atom is 0.0122 e. The standard InChI is InChI=1S/C8H20N2/c1-4-8(2,3)10-7-5-6-9/h10H,4-7,9H2,1-3H3. The Kier molecular flexibility index (Phi) is 4.65. The van der Waals surface area contributed by atoms with Gasteiger partial charge in [-0.2, -0.15) is 0 Å². The molecular formula is C8H20N2. The molecule has 2 nitrogen and oxygen atoms in total. The first-order valence-corrected chi connectivity index (χ1v) is 4.07. The first kappa shape index (κ1) is 9.92. The van der Waals surface area contributed by atoms with Gasteiger partial charge in [-0.05, 0) is 39.8 Å². The lowest BCUT2D eigenvalue weighted by molar-refractivity contribution is 0.375. The van der Waals surface area contributed by atoms with Crippen LogP contribution in [-0.4, -0.2) is 18.6 Å². The molecule has 0 heterocycles. The van der Waals surface area contributed by atoms with E-state index in [1.54, 1.807) is 0 Å². The molecule has 62 valence electrons. The van der Waals surface area contributed by atoms with Crippen LogP contribution in [0.1, 0.15) is 33.6 Å². The highest BCUT2D eigenvalue weighted by Gasteiger charge is 2.11. The molecule has 0 aliphatic rings. The molecule has 0 aliphatic heterocycles. The third kappa shape index (κ3) is 4.77. The quantitative estimate of drug-likeness (QED) is 0.567. The molecule has 0 aromatic heterocycles. The number of nitrogens with two attached hydrogens (primary N) is 1. The molecule has 0 atom stereocenters. The maximum atomic E-state index is 5.36. The van der Waals surface area contributed by atoms with E-state index in [1.807, 2.05) is 0 Å². The molecule has 2 heteroatoms. The van der Waals surface area contributed by atoms with Crippen LogP contribution in [0.4, 0.5) is 0 Å². The average Bonchev–Trinajstić information content (AvgIpc) is 1.89. The molecule has 0 rings (SSSR count). The van der Waals surface area contributed by atoms with Crippen molar-refractivity contribution in [3.8, 4) is 0 Å².